The van der Waals surface area contributed by atoms with Crippen molar-refractivity contribution in [3.63, 3.8) is 0 Å². The van der Waals surface area contributed by atoms with Crippen LogP contribution in [0, 0.1) is 5.82 Å². The van der Waals surface area contributed by atoms with Crippen LogP contribution in [-0.2, 0) is 6.54 Å². The van der Waals surface area contributed by atoms with Gasteiger partial charge in [-0.05, 0) is 18.2 Å². The molecule has 0 spiro atoms. The molecule has 0 amide bonds. The van der Waals surface area contributed by atoms with E-state index in [9.17, 15) is 13.2 Å². The number of aliphatic hydroxyl groups excluding tert-OH is 1. The summed E-state index contributed by atoms with van der Waals surface area (Å²) in [6.45, 7) is -0.568. The maximum absolute atomic E-state index is 13.4. The normalized spacial score (nSPS) is 11.5. The van der Waals surface area contributed by atoms with Crippen LogP contribution in [0.2, 0.25) is 0 Å². The number of halogens is 4. The Morgan fingerprint density at radius 2 is 2.06 bits per heavy atom. The topological polar surface area (TPSA) is 23.5 Å². The largest absolute Gasteiger partial charge is 0.395 e. The first-order chi connectivity index (χ1) is 8.02. The number of hydrogen-bond acceptors (Lipinski definition) is 2. The molecule has 0 aliphatic carbocycles. The average molecular weight is 312 g/mol. The van der Waals surface area contributed by atoms with Crippen LogP contribution in [0.25, 0.3) is 0 Å². The van der Waals surface area contributed by atoms with Crippen molar-refractivity contribution in [2.24, 2.45) is 0 Å². The molecule has 0 radical (unpaired) electrons. The number of benzene rings is 1. The van der Waals surface area contributed by atoms with Gasteiger partial charge in [-0.3, -0.25) is 4.90 Å². The first-order valence-corrected chi connectivity index (χ1v) is 5.87. The lowest BCUT2D eigenvalue weighted by atomic mass is 10.2. The van der Waals surface area contributed by atoms with Gasteiger partial charge in [0.05, 0.1) is 13.2 Å². The van der Waals surface area contributed by atoms with Crippen molar-refractivity contribution >= 4 is 15.9 Å². The minimum absolute atomic E-state index is 0.0518. The van der Waals surface area contributed by atoms with Gasteiger partial charge in [-0.1, -0.05) is 15.9 Å². The standard InChI is InChI=1S/C11H13BrF3NO/c12-9-1-2-10(13)8(5-9)6-16(3-4-17)7-11(14)15/h1-2,5,11,17H,3-4,6-7H2. The summed E-state index contributed by atoms with van der Waals surface area (Å²) < 4.78 is 38.6. The zero-order valence-electron chi connectivity index (χ0n) is 9.04. The van der Waals surface area contributed by atoms with Crippen molar-refractivity contribution in [1.82, 2.24) is 4.90 Å². The molecule has 1 aromatic carbocycles. The highest BCUT2D eigenvalue weighted by molar-refractivity contribution is 9.10. The zero-order chi connectivity index (χ0) is 12.8. The number of alkyl halides is 2. The Balaban J connectivity index is 2.74. The van der Waals surface area contributed by atoms with Gasteiger partial charge in [0.1, 0.15) is 5.82 Å². The Kier molecular flexibility index (Phi) is 5.94. The van der Waals surface area contributed by atoms with Gasteiger partial charge in [0.2, 0.25) is 0 Å². The van der Waals surface area contributed by atoms with E-state index in [-0.39, 0.29) is 19.7 Å². The van der Waals surface area contributed by atoms with Crippen LogP contribution in [-0.4, -0.2) is 36.1 Å². The molecule has 0 saturated carbocycles. The third kappa shape index (κ3) is 5.06. The van der Waals surface area contributed by atoms with Crippen molar-refractivity contribution in [3.05, 3.63) is 34.1 Å². The minimum Gasteiger partial charge on any atom is -0.395 e. The second-order valence-electron chi connectivity index (χ2n) is 3.59. The minimum atomic E-state index is -2.50. The van der Waals surface area contributed by atoms with Crippen LogP contribution in [0.1, 0.15) is 5.56 Å². The van der Waals surface area contributed by atoms with Crippen LogP contribution in [0.15, 0.2) is 22.7 Å². The fourth-order valence-electron chi connectivity index (χ4n) is 1.48. The third-order valence-electron chi connectivity index (χ3n) is 2.21. The van der Waals surface area contributed by atoms with Gasteiger partial charge in [-0.2, -0.15) is 0 Å². The first kappa shape index (κ1) is 14.5. The fraction of sp³-hybridized carbons (Fsp3) is 0.455. The molecule has 17 heavy (non-hydrogen) atoms. The van der Waals surface area contributed by atoms with E-state index in [0.717, 1.165) is 0 Å². The van der Waals surface area contributed by atoms with E-state index in [1.807, 2.05) is 0 Å². The Bertz CT molecular complexity index is 363. The molecule has 1 rings (SSSR count). The van der Waals surface area contributed by atoms with Gasteiger partial charge >= 0.3 is 0 Å². The van der Waals surface area contributed by atoms with Crippen molar-refractivity contribution in [1.29, 1.82) is 0 Å². The molecule has 0 bridgehead atoms. The molecule has 0 saturated heterocycles. The molecular formula is C11H13BrF3NO. The smallest absolute Gasteiger partial charge is 0.251 e. The highest BCUT2D eigenvalue weighted by atomic mass is 79.9. The predicted octanol–water partition coefficient (Wildman–Crippen LogP) is 2.65. The Morgan fingerprint density at radius 1 is 1.35 bits per heavy atom. The summed E-state index contributed by atoms with van der Waals surface area (Å²) >= 11 is 3.19. The molecule has 0 aliphatic rings. The van der Waals surface area contributed by atoms with Gasteiger partial charge in [-0.25, -0.2) is 13.2 Å². The van der Waals surface area contributed by atoms with Gasteiger partial charge in [0.25, 0.3) is 6.43 Å². The summed E-state index contributed by atoms with van der Waals surface area (Å²) in [5.74, 6) is -0.439. The highest BCUT2D eigenvalue weighted by Gasteiger charge is 2.14. The highest BCUT2D eigenvalue weighted by Crippen LogP contribution is 2.17. The van der Waals surface area contributed by atoms with E-state index in [4.69, 9.17) is 5.11 Å². The molecule has 0 aromatic heterocycles. The molecule has 1 aromatic rings. The molecular weight excluding hydrogens is 299 g/mol. The number of rotatable bonds is 6. The van der Waals surface area contributed by atoms with E-state index < -0.39 is 18.8 Å². The van der Waals surface area contributed by atoms with Gasteiger partial charge in [0, 0.05) is 23.1 Å². The lowest BCUT2D eigenvalue weighted by Gasteiger charge is -2.21. The maximum Gasteiger partial charge on any atom is 0.251 e. The summed E-state index contributed by atoms with van der Waals surface area (Å²) in [4.78, 5) is 1.32. The SMILES string of the molecule is OCCN(Cc1cc(Br)ccc1F)CC(F)F. The van der Waals surface area contributed by atoms with Crippen LogP contribution in [0.3, 0.4) is 0 Å². The maximum atomic E-state index is 13.4. The summed E-state index contributed by atoms with van der Waals surface area (Å²) in [6.07, 6.45) is -2.50. The van der Waals surface area contributed by atoms with Crippen LogP contribution >= 0.6 is 15.9 Å². The Hall–Kier alpha value is -0.590. The van der Waals surface area contributed by atoms with Crippen molar-refractivity contribution in [2.45, 2.75) is 13.0 Å². The van der Waals surface area contributed by atoms with Crippen molar-refractivity contribution in [2.75, 3.05) is 19.7 Å². The van der Waals surface area contributed by atoms with Crippen LogP contribution in [0.4, 0.5) is 13.2 Å². The molecule has 0 atom stereocenters. The molecule has 6 heteroatoms. The van der Waals surface area contributed by atoms with Crippen LogP contribution in [0.5, 0.6) is 0 Å². The monoisotopic (exact) mass is 311 g/mol. The van der Waals surface area contributed by atoms with Crippen LogP contribution < -0.4 is 0 Å². The molecule has 0 aliphatic heterocycles. The molecule has 0 heterocycles. The van der Waals surface area contributed by atoms with E-state index in [2.05, 4.69) is 15.9 Å². The molecule has 2 nitrogen and oxygen atoms in total. The summed E-state index contributed by atoms with van der Waals surface area (Å²) in [7, 11) is 0. The number of aliphatic hydroxyl groups is 1. The first-order valence-electron chi connectivity index (χ1n) is 5.08. The summed E-state index contributed by atoms with van der Waals surface area (Å²) in [6, 6.07) is 4.37. The van der Waals surface area contributed by atoms with Gasteiger partial charge in [0.15, 0.2) is 0 Å². The number of nitrogens with zero attached hydrogens (tertiary/aromatic N) is 1. The molecule has 96 valence electrons. The summed E-state index contributed by atoms with van der Waals surface area (Å²) in [5.41, 5.74) is 0.327. The molecule has 0 unspecified atom stereocenters. The second kappa shape index (κ2) is 6.98. The van der Waals surface area contributed by atoms with E-state index >= 15 is 0 Å². The Labute approximate surface area is 106 Å². The average Bonchev–Trinajstić information content (AvgIpc) is 2.23. The zero-order valence-corrected chi connectivity index (χ0v) is 10.6. The summed E-state index contributed by atoms with van der Waals surface area (Å²) in [5, 5.41) is 8.76. The lowest BCUT2D eigenvalue weighted by molar-refractivity contribution is 0.0741. The van der Waals surface area contributed by atoms with E-state index in [0.29, 0.717) is 10.0 Å². The van der Waals surface area contributed by atoms with Gasteiger partial charge in [-0.15, -0.1) is 0 Å². The third-order valence-corrected chi connectivity index (χ3v) is 2.71. The van der Waals surface area contributed by atoms with Gasteiger partial charge < -0.3 is 5.11 Å². The fourth-order valence-corrected chi connectivity index (χ4v) is 1.89. The van der Waals surface area contributed by atoms with Crippen molar-refractivity contribution < 1.29 is 18.3 Å². The van der Waals surface area contributed by atoms with E-state index in [1.165, 1.54) is 11.0 Å². The quantitative estimate of drug-likeness (QED) is 0.873. The lowest BCUT2D eigenvalue weighted by Crippen LogP contribution is -2.31. The molecule has 0 fully saturated rings. The number of hydrogen-bond donors (Lipinski definition) is 1. The molecule has 1 N–H and O–H groups in total. The predicted molar refractivity (Wildman–Crippen MR) is 62.5 cm³/mol. The van der Waals surface area contributed by atoms with E-state index in [1.54, 1.807) is 12.1 Å². The van der Waals surface area contributed by atoms with Crippen molar-refractivity contribution in [3.8, 4) is 0 Å². The Morgan fingerprint density at radius 3 is 2.65 bits per heavy atom. The second-order valence-corrected chi connectivity index (χ2v) is 4.50.